The number of thioether (sulfide) groups is 1. The van der Waals surface area contributed by atoms with Crippen LogP contribution in [0.25, 0.3) is 0 Å². The van der Waals surface area contributed by atoms with E-state index in [-0.39, 0.29) is 28.7 Å². The van der Waals surface area contributed by atoms with Crippen molar-refractivity contribution in [1.29, 1.82) is 0 Å². The van der Waals surface area contributed by atoms with Gasteiger partial charge in [-0.25, -0.2) is 13.4 Å². The lowest BCUT2D eigenvalue weighted by Gasteiger charge is -2.26. The predicted octanol–water partition coefficient (Wildman–Crippen LogP) is 1.86. The summed E-state index contributed by atoms with van der Waals surface area (Å²) in [5.41, 5.74) is 0. The molecule has 2 heterocycles. The fraction of sp³-hybridized carbons (Fsp3) is 0.538. The summed E-state index contributed by atoms with van der Waals surface area (Å²) in [5, 5.41) is 0.742. The Hall–Kier alpha value is -0.790. The molecule has 0 bridgehead atoms. The maximum atomic E-state index is 12.4. The van der Waals surface area contributed by atoms with Crippen molar-refractivity contribution < 1.29 is 13.2 Å². The summed E-state index contributed by atoms with van der Waals surface area (Å²) < 4.78 is 23.0. The molecule has 2 atom stereocenters. The standard InChI is InChI=1S/C13H17ClN2O3S2/c1-9(20-12-11(14)4-3-6-15-12)13(17)16(2)10-5-7-21(18,19)8-10/h3-4,6,9-10H,5,7-8H2,1-2H3. The van der Waals surface area contributed by atoms with Gasteiger partial charge in [0, 0.05) is 19.3 Å². The van der Waals surface area contributed by atoms with Crippen LogP contribution in [0, 0.1) is 0 Å². The van der Waals surface area contributed by atoms with E-state index in [9.17, 15) is 13.2 Å². The third kappa shape index (κ3) is 4.11. The van der Waals surface area contributed by atoms with E-state index in [0.29, 0.717) is 16.5 Å². The summed E-state index contributed by atoms with van der Waals surface area (Å²) in [5.74, 6) is 0.101. The van der Waals surface area contributed by atoms with E-state index in [1.807, 2.05) is 0 Å². The van der Waals surface area contributed by atoms with Crippen LogP contribution in [0.2, 0.25) is 5.02 Å². The molecular weight excluding hydrogens is 332 g/mol. The highest BCUT2D eigenvalue weighted by Crippen LogP contribution is 2.29. The van der Waals surface area contributed by atoms with Crippen LogP contribution in [0.1, 0.15) is 13.3 Å². The number of halogens is 1. The van der Waals surface area contributed by atoms with Gasteiger partial charge in [0.1, 0.15) is 5.03 Å². The molecule has 0 radical (unpaired) electrons. The fourth-order valence-electron chi connectivity index (χ4n) is 2.22. The number of carbonyl (C=O) groups is 1. The van der Waals surface area contributed by atoms with E-state index in [0.717, 1.165) is 0 Å². The molecule has 1 aromatic rings. The SMILES string of the molecule is CC(Sc1ncccc1Cl)C(=O)N(C)C1CCS(=O)(=O)C1. The lowest BCUT2D eigenvalue weighted by atomic mass is 10.2. The molecule has 0 aliphatic carbocycles. The molecule has 0 saturated carbocycles. The van der Waals surface area contributed by atoms with Gasteiger partial charge in [-0.3, -0.25) is 4.79 Å². The molecule has 8 heteroatoms. The average Bonchev–Trinajstić information content (AvgIpc) is 2.80. The Balaban J connectivity index is 2.01. The summed E-state index contributed by atoms with van der Waals surface area (Å²) in [6, 6.07) is 3.22. The molecule has 5 nitrogen and oxygen atoms in total. The van der Waals surface area contributed by atoms with Crippen LogP contribution in [0.15, 0.2) is 23.4 Å². The van der Waals surface area contributed by atoms with Crippen molar-refractivity contribution in [3.63, 3.8) is 0 Å². The van der Waals surface area contributed by atoms with E-state index in [4.69, 9.17) is 11.6 Å². The third-order valence-corrected chi connectivity index (χ3v) is 6.74. The van der Waals surface area contributed by atoms with Gasteiger partial charge in [-0.2, -0.15) is 0 Å². The largest absolute Gasteiger partial charge is 0.341 e. The van der Waals surface area contributed by atoms with Crippen molar-refractivity contribution in [3.8, 4) is 0 Å². The molecule has 1 aromatic heterocycles. The van der Waals surface area contributed by atoms with Gasteiger partial charge in [0.05, 0.1) is 21.8 Å². The summed E-state index contributed by atoms with van der Waals surface area (Å²) >= 11 is 7.31. The number of carbonyl (C=O) groups excluding carboxylic acids is 1. The van der Waals surface area contributed by atoms with E-state index in [1.165, 1.54) is 11.8 Å². The van der Waals surface area contributed by atoms with Crippen molar-refractivity contribution in [2.75, 3.05) is 18.6 Å². The van der Waals surface area contributed by atoms with Crippen LogP contribution >= 0.6 is 23.4 Å². The summed E-state index contributed by atoms with van der Waals surface area (Å²) in [6.45, 7) is 1.78. The van der Waals surface area contributed by atoms with Crippen molar-refractivity contribution in [3.05, 3.63) is 23.4 Å². The highest BCUT2D eigenvalue weighted by atomic mass is 35.5. The third-order valence-electron chi connectivity index (χ3n) is 3.46. The molecule has 1 aliphatic heterocycles. The minimum atomic E-state index is -3.00. The Morgan fingerprint density at radius 3 is 2.86 bits per heavy atom. The number of aromatic nitrogens is 1. The summed E-state index contributed by atoms with van der Waals surface area (Å²) in [6.07, 6.45) is 2.13. The van der Waals surface area contributed by atoms with Gasteiger partial charge < -0.3 is 4.90 Å². The molecular formula is C13H17ClN2O3S2. The Morgan fingerprint density at radius 1 is 1.57 bits per heavy atom. The molecule has 1 fully saturated rings. The fourth-order valence-corrected chi connectivity index (χ4v) is 5.16. The molecule has 2 unspecified atom stereocenters. The summed E-state index contributed by atoms with van der Waals surface area (Å²) in [4.78, 5) is 18.1. The molecule has 2 rings (SSSR count). The Bertz CT molecular complexity index is 636. The first-order valence-electron chi connectivity index (χ1n) is 6.54. The number of pyridine rings is 1. The minimum absolute atomic E-state index is 0.0525. The number of sulfone groups is 1. The van der Waals surface area contributed by atoms with Crippen molar-refractivity contribution in [1.82, 2.24) is 9.88 Å². The molecule has 0 spiro atoms. The van der Waals surface area contributed by atoms with Gasteiger partial charge in [-0.15, -0.1) is 0 Å². The van der Waals surface area contributed by atoms with Crippen LogP contribution in [0.3, 0.4) is 0 Å². The number of nitrogens with zero attached hydrogens (tertiary/aromatic N) is 2. The first-order valence-corrected chi connectivity index (χ1v) is 9.62. The van der Waals surface area contributed by atoms with Crippen LogP contribution in [0.5, 0.6) is 0 Å². The second-order valence-electron chi connectivity index (χ2n) is 5.06. The van der Waals surface area contributed by atoms with Gasteiger partial charge >= 0.3 is 0 Å². The number of hydrogen-bond donors (Lipinski definition) is 0. The van der Waals surface area contributed by atoms with Gasteiger partial charge in [-0.05, 0) is 25.5 Å². The topological polar surface area (TPSA) is 67.3 Å². The van der Waals surface area contributed by atoms with Crippen LogP contribution < -0.4 is 0 Å². The van der Waals surface area contributed by atoms with Gasteiger partial charge in [0.15, 0.2) is 9.84 Å². The zero-order valence-corrected chi connectivity index (χ0v) is 14.2. The Morgan fingerprint density at radius 2 is 2.29 bits per heavy atom. The molecule has 0 aromatic carbocycles. The maximum Gasteiger partial charge on any atom is 0.235 e. The molecule has 1 aliphatic rings. The van der Waals surface area contributed by atoms with E-state index in [2.05, 4.69) is 4.98 Å². The normalized spacial score (nSPS) is 22.0. The Kier molecular flexibility index (Phi) is 5.16. The molecule has 116 valence electrons. The van der Waals surface area contributed by atoms with E-state index < -0.39 is 9.84 Å². The second kappa shape index (κ2) is 6.54. The van der Waals surface area contributed by atoms with E-state index in [1.54, 1.807) is 37.2 Å². The second-order valence-corrected chi connectivity index (χ2v) is 9.02. The minimum Gasteiger partial charge on any atom is -0.341 e. The monoisotopic (exact) mass is 348 g/mol. The molecule has 0 N–H and O–H groups in total. The van der Waals surface area contributed by atoms with Crippen LogP contribution in [0.4, 0.5) is 0 Å². The lowest BCUT2D eigenvalue weighted by Crippen LogP contribution is -2.41. The number of rotatable bonds is 4. The zero-order chi connectivity index (χ0) is 15.6. The van der Waals surface area contributed by atoms with Crippen molar-refractivity contribution in [2.24, 2.45) is 0 Å². The Labute approximate surface area is 134 Å². The summed E-state index contributed by atoms with van der Waals surface area (Å²) in [7, 11) is -1.34. The van der Waals surface area contributed by atoms with Crippen LogP contribution in [-0.4, -0.2) is 54.1 Å². The first-order chi connectivity index (χ1) is 9.80. The van der Waals surface area contributed by atoms with E-state index >= 15 is 0 Å². The van der Waals surface area contributed by atoms with Gasteiger partial charge in [0.25, 0.3) is 0 Å². The van der Waals surface area contributed by atoms with Crippen molar-refractivity contribution in [2.45, 2.75) is 29.7 Å². The van der Waals surface area contributed by atoms with Gasteiger partial charge in [-0.1, -0.05) is 23.4 Å². The average molecular weight is 349 g/mol. The first kappa shape index (κ1) is 16.6. The number of amides is 1. The lowest BCUT2D eigenvalue weighted by molar-refractivity contribution is -0.130. The quantitative estimate of drug-likeness (QED) is 0.777. The smallest absolute Gasteiger partial charge is 0.235 e. The molecule has 21 heavy (non-hydrogen) atoms. The number of hydrogen-bond acceptors (Lipinski definition) is 5. The highest BCUT2D eigenvalue weighted by molar-refractivity contribution is 8.00. The zero-order valence-electron chi connectivity index (χ0n) is 11.8. The van der Waals surface area contributed by atoms with Crippen molar-refractivity contribution >= 4 is 39.1 Å². The van der Waals surface area contributed by atoms with Gasteiger partial charge in [0.2, 0.25) is 5.91 Å². The maximum absolute atomic E-state index is 12.4. The molecule has 1 saturated heterocycles. The predicted molar refractivity (Wildman–Crippen MR) is 84.4 cm³/mol. The highest BCUT2D eigenvalue weighted by Gasteiger charge is 2.34. The van der Waals surface area contributed by atoms with Crippen LogP contribution in [-0.2, 0) is 14.6 Å². The molecule has 1 amide bonds.